The first-order chi connectivity index (χ1) is 8.24. The Kier molecular flexibility index (Phi) is 3.69. The number of aromatic nitrogens is 2. The van der Waals surface area contributed by atoms with Crippen LogP contribution in [-0.4, -0.2) is 22.6 Å². The van der Waals surface area contributed by atoms with Gasteiger partial charge in [-0.25, -0.2) is 9.97 Å². The lowest BCUT2D eigenvalue weighted by molar-refractivity contribution is 0.489. The zero-order valence-corrected chi connectivity index (χ0v) is 10.6. The van der Waals surface area contributed by atoms with Gasteiger partial charge in [-0.15, -0.1) is 0 Å². The number of rotatable bonds is 4. The molecule has 3 heteroatoms. The average Bonchev–Trinajstić information content (AvgIpc) is 2.37. The number of fused-ring (bicyclic) bond motifs is 1. The van der Waals surface area contributed by atoms with Crippen LogP contribution in [0.4, 0.5) is 0 Å². The number of hydrogen-bond donors (Lipinski definition) is 1. The Balaban J connectivity index is 2.41. The average molecular weight is 229 g/mol. The van der Waals surface area contributed by atoms with Crippen molar-refractivity contribution in [1.82, 2.24) is 15.3 Å². The zero-order chi connectivity index (χ0) is 12.3. The highest BCUT2D eigenvalue weighted by molar-refractivity contribution is 5.81. The van der Waals surface area contributed by atoms with Gasteiger partial charge >= 0.3 is 0 Å². The summed E-state index contributed by atoms with van der Waals surface area (Å²) in [6, 6.07) is 8.60. The normalized spacial score (nSPS) is 14.8. The topological polar surface area (TPSA) is 37.8 Å². The maximum Gasteiger partial charge on any atom is 0.116 e. The van der Waals surface area contributed by atoms with Crippen LogP contribution in [0, 0.1) is 0 Å². The Bertz CT molecular complexity index is 490. The van der Waals surface area contributed by atoms with Gasteiger partial charge in [0.15, 0.2) is 0 Å². The van der Waals surface area contributed by atoms with Crippen LogP contribution in [0.3, 0.4) is 0 Å². The maximum atomic E-state index is 4.46. The van der Waals surface area contributed by atoms with Crippen LogP contribution in [-0.2, 0) is 0 Å². The SMILES string of the molecule is CCNC(C)C(C)c1ncnc2ccccc12. The number of nitrogens with zero attached hydrogens (tertiary/aromatic N) is 2. The van der Waals surface area contributed by atoms with Crippen LogP contribution >= 0.6 is 0 Å². The summed E-state index contributed by atoms with van der Waals surface area (Å²) in [5, 5.41) is 4.61. The quantitative estimate of drug-likeness (QED) is 0.876. The van der Waals surface area contributed by atoms with Gasteiger partial charge in [0.25, 0.3) is 0 Å². The summed E-state index contributed by atoms with van der Waals surface area (Å²) in [6.07, 6.45) is 1.66. The van der Waals surface area contributed by atoms with E-state index in [1.54, 1.807) is 6.33 Å². The molecule has 1 N–H and O–H groups in total. The van der Waals surface area contributed by atoms with E-state index in [-0.39, 0.29) is 0 Å². The van der Waals surface area contributed by atoms with E-state index < -0.39 is 0 Å². The minimum atomic E-state index is 0.378. The zero-order valence-electron chi connectivity index (χ0n) is 10.6. The van der Waals surface area contributed by atoms with Crippen molar-refractivity contribution >= 4 is 10.9 Å². The van der Waals surface area contributed by atoms with Crippen LogP contribution in [0.25, 0.3) is 10.9 Å². The molecule has 2 unspecified atom stereocenters. The molecule has 0 saturated carbocycles. The predicted molar refractivity (Wildman–Crippen MR) is 71.1 cm³/mol. The lowest BCUT2D eigenvalue weighted by atomic mass is 9.96. The molecule has 17 heavy (non-hydrogen) atoms. The van der Waals surface area contributed by atoms with Gasteiger partial charge < -0.3 is 5.32 Å². The van der Waals surface area contributed by atoms with Crippen molar-refractivity contribution in [3.63, 3.8) is 0 Å². The summed E-state index contributed by atoms with van der Waals surface area (Å²) in [6.45, 7) is 7.52. The summed E-state index contributed by atoms with van der Waals surface area (Å²) in [5.41, 5.74) is 2.15. The number of likely N-dealkylation sites (N-methyl/N-ethyl adjacent to an activating group) is 1. The van der Waals surface area contributed by atoms with Gasteiger partial charge in [-0.2, -0.15) is 0 Å². The molecule has 2 rings (SSSR count). The minimum Gasteiger partial charge on any atom is -0.314 e. The molecule has 1 heterocycles. The Morgan fingerprint density at radius 3 is 2.71 bits per heavy atom. The van der Waals surface area contributed by atoms with E-state index in [2.05, 4.69) is 42.1 Å². The fourth-order valence-electron chi connectivity index (χ4n) is 2.12. The van der Waals surface area contributed by atoms with Crippen molar-refractivity contribution in [2.75, 3.05) is 6.54 Å². The maximum absolute atomic E-state index is 4.46. The molecule has 0 amide bonds. The lowest BCUT2D eigenvalue weighted by Gasteiger charge is -2.21. The summed E-state index contributed by atoms with van der Waals surface area (Å²) in [5.74, 6) is 0.378. The van der Waals surface area contributed by atoms with Gasteiger partial charge in [0.1, 0.15) is 6.33 Å². The molecule has 2 aromatic rings. The molecule has 2 atom stereocenters. The van der Waals surface area contributed by atoms with E-state index in [0.717, 1.165) is 23.1 Å². The van der Waals surface area contributed by atoms with Crippen LogP contribution in [0.2, 0.25) is 0 Å². The van der Waals surface area contributed by atoms with Crippen molar-refractivity contribution in [1.29, 1.82) is 0 Å². The van der Waals surface area contributed by atoms with E-state index in [9.17, 15) is 0 Å². The summed E-state index contributed by atoms with van der Waals surface area (Å²) in [7, 11) is 0. The molecule has 0 bridgehead atoms. The Labute approximate surface area is 102 Å². The predicted octanol–water partition coefficient (Wildman–Crippen LogP) is 2.73. The first-order valence-corrected chi connectivity index (χ1v) is 6.17. The van der Waals surface area contributed by atoms with Crippen molar-refractivity contribution < 1.29 is 0 Å². The summed E-state index contributed by atoms with van der Waals surface area (Å²) >= 11 is 0. The molecule has 0 radical (unpaired) electrons. The van der Waals surface area contributed by atoms with Crippen molar-refractivity contribution in [3.8, 4) is 0 Å². The van der Waals surface area contributed by atoms with Crippen molar-refractivity contribution in [2.24, 2.45) is 0 Å². The van der Waals surface area contributed by atoms with Crippen LogP contribution in [0.5, 0.6) is 0 Å². The number of nitrogens with one attached hydrogen (secondary N) is 1. The largest absolute Gasteiger partial charge is 0.314 e. The van der Waals surface area contributed by atoms with E-state index in [4.69, 9.17) is 0 Å². The molecule has 3 nitrogen and oxygen atoms in total. The molecule has 0 aliphatic carbocycles. The van der Waals surface area contributed by atoms with Gasteiger partial charge in [0.2, 0.25) is 0 Å². The van der Waals surface area contributed by atoms with Gasteiger partial charge in [-0.3, -0.25) is 0 Å². The third kappa shape index (κ3) is 2.44. The first-order valence-electron chi connectivity index (χ1n) is 6.17. The molecular formula is C14H19N3. The van der Waals surface area contributed by atoms with Crippen molar-refractivity contribution in [3.05, 3.63) is 36.3 Å². The monoisotopic (exact) mass is 229 g/mol. The second-order valence-corrected chi connectivity index (χ2v) is 4.41. The second kappa shape index (κ2) is 5.23. The molecule has 1 aromatic carbocycles. The summed E-state index contributed by atoms with van der Waals surface area (Å²) < 4.78 is 0. The standard InChI is InChI=1S/C14H19N3/c1-4-15-11(3)10(2)14-12-7-5-6-8-13(12)16-9-17-14/h5-11,15H,4H2,1-3H3. The van der Waals surface area contributed by atoms with Crippen LogP contribution in [0.15, 0.2) is 30.6 Å². The third-order valence-corrected chi connectivity index (χ3v) is 3.28. The smallest absolute Gasteiger partial charge is 0.116 e. The molecule has 90 valence electrons. The lowest BCUT2D eigenvalue weighted by Crippen LogP contribution is -2.31. The first kappa shape index (κ1) is 12.0. The Morgan fingerprint density at radius 1 is 1.18 bits per heavy atom. The number of benzene rings is 1. The molecule has 0 aliphatic rings. The molecule has 1 aromatic heterocycles. The highest BCUT2D eigenvalue weighted by Gasteiger charge is 2.17. The molecule has 0 saturated heterocycles. The van der Waals surface area contributed by atoms with Gasteiger partial charge in [0.05, 0.1) is 11.2 Å². The van der Waals surface area contributed by atoms with E-state index in [0.29, 0.717) is 12.0 Å². The highest BCUT2D eigenvalue weighted by Crippen LogP contribution is 2.24. The van der Waals surface area contributed by atoms with E-state index in [1.165, 1.54) is 0 Å². The van der Waals surface area contributed by atoms with Crippen LogP contribution in [0.1, 0.15) is 32.4 Å². The third-order valence-electron chi connectivity index (χ3n) is 3.28. The molecule has 0 spiro atoms. The van der Waals surface area contributed by atoms with E-state index in [1.807, 2.05) is 18.2 Å². The Hall–Kier alpha value is -1.48. The van der Waals surface area contributed by atoms with Gasteiger partial charge in [0, 0.05) is 17.3 Å². The van der Waals surface area contributed by atoms with Crippen LogP contribution < -0.4 is 5.32 Å². The highest BCUT2D eigenvalue weighted by atomic mass is 14.9. The summed E-state index contributed by atoms with van der Waals surface area (Å²) in [4.78, 5) is 8.76. The fraction of sp³-hybridized carbons (Fsp3) is 0.429. The van der Waals surface area contributed by atoms with E-state index >= 15 is 0 Å². The minimum absolute atomic E-state index is 0.378. The molecular weight excluding hydrogens is 210 g/mol. The number of hydrogen-bond acceptors (Lipinski definition) is 3. The molecule has 0 fully saturated rings. The van der Waals surface area contributed by atoms with Gasteiger partial charge in [-0.1, -0.05) is 32.0 Å². The fourth-order valence-corrected chi connectivity index (χ4v) is 2.12. The van der Waals surface area contributed by atoms with Gasteiger partial charge in [-0.05, 0) is 19.5 Å². The van der Waals surface area contributed by atoms with Crippen molar-refractivity contribution in [2.45, 2.75) is 32.7 Å². The second-order valence-electron chi connectivity index (χ2n) is 4.41. The Morgan fingerprint density at radius 2 is 1.94 bits per heavy atom. The molecule has 0 aliphatic heterocycles. The number of para-hydroxylation sites is 1.